The Balaban J connectivity index is 1.38. The quantitative estimate of drug-likeness (QED) is 0.689. The molecule has 1 N–H and O–H groups in total. The van der Waals surface area contributed by atoms with Crippen molar-refractivity contribution in [3.05, 3.63) is 76.0 Å². The summed E-state index contributed by atoms with van der Waals surface area (Å²) in [5.74, 6) is -0.127. The summed E-state index contributed by atoms with van der Waals surface area (Å²) >= 11 is 0. The van der Waals surface area contributed by atoms with E-state index in [1.807, 2.05) is 28.4 Å². The molecule has 0 saturated carbocycles. The van der Waals surface area contributed by atoms with Crippen molar-refractivity contribution in [3.8, 4) is 11.1 Å². The second-order valence-electron chi connectivity index (χ2n) is 8.78. The highest BCUT2D eigenvalue weighted by atomic mass is 16.4. The maximum atomic E-state index is 12.9. The van der Waals surface area contributed by atoms with Crippen molar-refractivity contribution in [2.24, 2.45) is 5.92 Å². The van der Waals surface area contributed by atoms with Crippen LogP contribution >= 0.6 is 0 Å². The summed E-state index contributed by atoms with van der Waals surface area (Å²) < 4.78 is 3.94. The monoisotopic (exact) mass is 418 g/mol. The lowest BCUT2D eigenvalue weighted by Crippen LogP contribution is -2.47. The first-order valence-corrected chi connectivity index (χ1v) is 10.8. The molecule has 7 nitrogen and oxygen atoms in total. The number of nitrogens with zero attached hydrogens (tertiary/aromatic N) is 4. The lowest BCUT2D eigenvalue weighted by atomic mass is 9.82. The van der Waals surface area contributed by atoms with E-state index in [1.165, 1.54) is 0 Å². The number of aromatic nitrogens is 3. The number of hydrogen-bond acceptors (Lipinski definition) is 4. The maximum Gasteiger partial charge on any atom is 0.335 e. The van der Waals surface area contributed by atoms with Crippen molar-refractivity contribution < 1.29 is 9.90 Å². The fourth-order valence-electron chi connectivity index (χ4n) is 5.04. The van der Waals surface area contributed by atoms with Crippen LogP contribution in [0.25, 0.3) is 11.1 Å². The lowest BCUT2D eigenvalue weighted by Gasteiger charge is -2.43. The Morgan fingerprint density at radius 1 is 1.06 bits per heavy atom. The van der Waals surface area contributed by atoms with Crippen LogP contribution in [-0.2, 0) is 13.1 Å². The van der Waals surface area contributed by atoms with E-state index in [0.29, 0.717) is 11.8 Å². The van der Waals surface area contributed by atoms with E-state index < -0.39 is 5.97 Å². The third-order valence-corrected chi connectivity index (χ3v) is 6.52. The van der Waals surface area contributed by atoms with Crippen LogP contribution in [-0.4, -0.2) is 50.0 Å². The van der Waals surface area contributed by atoms with Gasteiger partial charge in [0.25, 0.3) is 5.56 Å². The van der Waals surface area contributed by atoms with Gasteiger partial charge >= 0.3 is 5.97 Å². The van der Waals surface area contributed by atoms with Gasteiger partial charge in [-0.25, -0.2) is 4.79 Å². The normalized spacial score (nSPS) is 20.4. The van der Waals surface area contributed by atoms with Gasteiger partial charge in [0.2, 0.25) is 0 Å². The number of carbonyl (C=O) groups is 1. The zero-order valence-electron chi connectivity index (χ0n) is 17.6. The largest absolute Gasteiger partial charge is 0.478 e. The van der Waals surface area contributed by atoms with Crippen LogP contribution in [0.3, 0.4) is 0 Å². The number of piperidine rings is 1. The summed E-state index contributed by atoms with van der Waals surface area (Å²) in [4.78, 5) is 26.5. The van der Waals surface area contributed by atoms with Gasteiger partial charge in [0, 0.05) is 50.1 Å². The Morgan fingerprint density at radius 3 is 2.58 bits per heavy atom. The van der Waals surface area contributed by atoms with Crippen molar-refractivity contribution in [2.45, 2.75) is 32.4 Å². The summed E-state index contributed by atoms with van der Waals surface area (Å²) in [6.45, 7) is 6.55. The van der Waals surface area contributed by atoms with Gasteiger partial charge in [0.15, 0.2) is 0 Å². The highest BCUT2D eigenvalue weighted by Gasteiger charge is 2.34. The molecule has 2 aliphatic rings. The van der Waals surface area contributed by atoms with E-state index in [9.17, 15) is 9.59 Å². The molecule has 2 atom stereocenters. The number of carboxylic acids is 1. The third kappa shape index (κ3) is 3.93. The van der Waals surface area contributed by atoms with Gasteiger partial charge in [-0.1, -0.05) is 12.1 Å². The van der Waals surface area contributed by atoms with E-state index in [1.54, 1.807) is 30.3 Å². The molecule has 0 aliphatic carbocycles. The second-order valence-corrected chi connectivity index (χ2v) is 8.78. The molecule has 0 unspecified atom stereocenters. The summed E-state index contributed by atoms with van der Waals surface area (Å²) in [6, 6.07) is 12.6. The average Bonchev–Trinajstić information content (AvgIpc) is 3.18. The molecule has 4 heterocycles. The first-order valence-electron chi connectivity index (χ1n) is 10.8. The molecule has 31 heavy (non-hydrogen) atoms. The molecule has 5 rings (SSSR count). The van der Waals surface area contributed by atoms with E-state index in [2.05, 4.69) is 16.1 Å². The second kappa shape index (κ2) is 7.81. The Kier molecular flexibility index (Phi) is 4.98. The van der Waals surface area contributed by atoms with Gasteiger partial charge < -0.3 is 14.6 Å². The summed E-state index contributed by atoms with van der Waals surface area (Å²) in [5.41, 5.74) is 4.14. The maximum absolute atomic E-state index is 12.9. The van der Waals surface area contributed by atoms with Gasteiger partial charge in [-0.15, -0.1) is 0 Å². The molecule has 160 valence electrons. The first-order chi connectivity index (χ1) is 15.0. The number of hydrogen-bond donors (Lipinski definition) is 1. The highest BCUT2D eigenvalue weighted by molar-refractivity contribution is 5.88. The van der Waals surface area contributed by atoms with E-state index >= 15 is 0 Å². The van der Waals surface area contributed by atoms with Gasteiger partial charge in [0.1, 0.15) is 0 Å². The minimum Gasteiger partial charge on any atom is -0.478 e. The smallest absolute Gasteiger partial charge is 0.335 e. The molecular weight excluding hydrogens is 392 g/mol. The number of aromatic carboxylic acids is 1. The van der Waals surface area contributed by atoms with Gasteiger partial charge in [0.05, 0.1) is 17.8 Å². The van der Waals surface area contributed by atoms with Crippen LogP contribution in [0.1, 0.15) is 34.1 Å². The van der Waals surface area contributed by atoms with Crippen molar-refractivity contribution >= 4 is 5.97 Å². The van der Waals surface area contributed by atoms with Gasteiger partial charge in [-0.3, -0.25) is 9.48 Å². The Labute approximate surface area is 180 Å². The molecule has 2 bridgehead atoms. The van der Waals surface area contributed by atoms with Crippen LogP contribution in [0.4, 0.5) is 0 Å². The average molecular weight is 418 g/mol. The van der Waals surface area contributed by atoms with Crippen molar-refractivity contribution in [1.29, 1.82) is 0 Å². The molecule has 0 spiro atoms. The number of carboxylic acid groups (broad SMARTS) is 1. The van der Waals surface area contributed by atoms with Gasteiger partial charge in [-0.05, 0) is 54.7 Å². The summed E-state index contributed by atoms with van der Waals surface area (Å²) in [7, 11) is 0. The molecule has 3 aromatic rings. The van der Waals surface area contributed by atoms with E-state index in [-0.39, 0.29) is 11.1 Å². The number of rotatable bonds is 5. The van der Waals surface area contributed by atoms with Crippen LogP contribution < -0.4 is 5.56 Å². The number of aryl methyl sites for hydroxylation is 1. The molecule has 2 aromatic heterocycles. The zero-order chi connectivity index (χ0) is 21.5. The predicted molar refractivity (Wildman–Crippen MR) is 117 cm³/mol. The molecule has 1 aromatic carbocycles. The van der Waals surface area contributed by atoms with Crippen molar-refractivity contribution in [1.82, 2.24) is 19.2 Å². The molecule has 0 radical (unpaired) electrons. The lowest BCUT2D eigenvalue weighted by molar-refractivity contribution is 0.0697. The van der Waals surface area contributed by atoms with Crippen molar-refractivity contribution in [2.75, 3.05) is 19.6 Å². The van der Waals surface area contributed by atoms with Crippen molar-refractivity contribution in [3.63, 3.8) is 0 Å². The Morgan fingerprint density at radius 2 is 1.87 bits per heavy atom. The molecule has 1 saturated heterocycles. The highest BCUT2D eigenvalue weighted by Crippen LogP contribution is 2.36. The summed E-state index contributed by atoms with van der Waals surface area (Å²) in [6.07, 6.45) is 3.13. The topological polar surface area (TPSA) is 80.4 Å². The number of fused-ring (bicyclic) bond motifs is 4. The fourth-order valence-corrected chi connectivity index (χ4v) is 5.04. The SMILES string of the molecule is Cc1ccn(CCN2C[C@@H]3C[C@H](C2)c2cc(-c4ccc(C(=O)O)cc4)cc(=O)n2C3)n1. The molecule has 0 amide bonds. The van der Waals surface area contributed by atoms with E-state index in [4.69, 9.17) is 5.11 Å². The minimum atomic E-state index is -0.948. The number of benzene rings is 1. The van der Waals surface area contributed by atoms with E-state index in [0.717, 1.165) is 61.7 Å². The predicted octanol–water partition coefficient (Wildman–Crippen LogP) is 2.84. The van der Waals surface area contributed by atoms with Crippen LogP contribution in [0.5, 0.6) is 0 Å². The number of likely N-dealkylation sites (tertiary alicyclic amines) is 1. The first kappa shape index (κ1) is 19.8. The molecule has 2 aliphatic heterocycles. The molecular formula is C24H26N4O3. The van der Waals surface area contributed by atoms with Crippen LogP contribution in [0, 0.1) is 12.8 Å². The summed E-state index contributed by atoms with van der Waals surface area (Å²) in [5, 5.41) is 13.6. The molecule has 1 fully saturated rings. The zero-order valence-corrected chi connectivity index (χ0v) is 17.6. The fraction of sp³-hybridized carbons (Fsp3) is 0.375. The number of pyridine rings is 1. The standard InChI is InChI=1S/C24H26N4O3/c1-16-6-7-27(25-16)9-8-26-13-17-10-21(15-26)22-11-20(12-23(29)28(22)14-17)18-2-4-19(5-3-18)24(30)31/h2-7,11-12,17,21H,8-10,13-15H2,1H3,(H,30,31)/t17-,21+/m0/s1. The Bertz CT molecular complexity index is 1180. The van der Waals surface area contributed by atoms with Crippen LogP contribution in [0.2, 0.25) is 0 Å². The molecule has 7 heteroatoms. The van der Waals surface area contributed by atoms with Crippen LogP contribution in [0.15, 0.2) is 53.5 Å². The Hall–Kier alpha value is -3.19. The minimum absolute atomic E-state index is 0.0324. The van der Waals surface area contributed by atoms with Gasteiger partial charge in [-0.2, -0.15) is 5.10 Å². The third-order valence-electron chi connectivity index (χ3n) is 6.52.